The second-order valence-corrected chi connectivity index (χ2v) is 7.39. The van der Waals surface area contributed by atoms with Gasteiger partial charge in [-0.2, -0.15) is 12.6 Å². The molecule has 0 radical (unpaired) electrons. The van der Waals surface area contributed by atoms with E-state index in [1.165, 1.54) is 11.3 Å². The fourth-order valence-corrected chi connectivity index (χ4v) is 3.71. The van der Waals surface area contributed by atoms with Crippen molar-refractivity contribution in [3.05, 3.63) is 47.0 Å². The molecule has 2 aromatic rings. The molecule has 1 fully saturated rings. The second-order valence-electron chi connectivity index (χ2n) is 5.83. The molecule has 0 aliphatic carbocycles. The Balaban J connectivity index is 1.56. The van der Waals surface area contributed by atoms with Crippen molar-refractivity contribution in [3.8, 4) is 0 Å². The van der Waals surface area contributed by atoms with Crippen molar-refractivity contribution < 1.29 is 9.53 Å². The molecule has 0 amide bonds. The molecule has 0 saturated carbocycles. The molecule has 2 heterocycles. The van der Waals surface area contributed by atoms with Crippen molar-refractivity contribution in [2.24, 2.45) is 0 Å². The highest BCUT2D eigenvalue weighted by molar-refractivity contribution is 7.81. The lowest BCUT2D eigenvalue weighted by Gasteiger charge is -2.32. The summed E-state index contributed by atoms with van der Waals surface area (Å²) in [6, 6.07) is 9.64. The normalized spacial score (nSPS) is 16.8. The molecule has 0 bridgehead atoms. The second kappa shape index (κ2) is 8.00. The highest BCUT2D eigenvalue weighted by Gasteiger charge is 2.23. The minimum Gasteiger partial charge on any atom is -0.460 e. The Morgan fingerprint density at radius 3 is 2.71 bits per heavy atom. The fourth-order valence-electron chi connectivity index (χ4n) is 2.47. The molecule has 1 aromatic heterocycles. The van der Waals surface area contributed by atoms with E-state index < -0.39 is 5.25 Å². The molecule has 1 unspecified atom stereocenters. The Morgan fingerprint density at radius 2 is 2.00 bits per heavy atom. The third-order valence-electron chi connectivity index (χ3n) is 4.00. The zero-order valence-electron chi connectivity index (χ0n) is 13.6. The third kappa shape index (κ3) is 4.28. The van der Waals surface area contributed by atoms with Crippen LogP contribution in [-0.2, 0) is 16.1 Å². The van der Waals surface area contributed by atoms with Crippen molar-refractivity contribution in [3.63, 3.8) is 0 Å². The number of hydrogen-bond donors (Lipinski definition) is 1. The van der Waals surface area contributed by atoms with Gasteiger partial charge in [0, 0.05) is 32.4 Å². The number of carbonyl (C=O) groups excluding carboxylic acids is 1. The smallest absolute Gasteiger partial charge is 0.324 e. The van der Waals surface area contributed by atoms with E-state index in [1.54, 1.807) is 6.20 Å². The summed E-state index contributed by atoms with van der Waals surface area (Å²) < 4.78 is 5.36. The number of esters is 1. The Labute approximate surface area is 151 Å². The number of aromatic nitrogens is 1. The summed E-state index contributed by atoms with van der Waals surface area (Å²) in [6.45, 7) is 4.23. The van der Waals surface area contributed by atoms with Crippen LogP contribution in [0.5, 0.6) is 0 Å². The van der Waals surface area contributed by atoms with Crippen molar-refractivity contribution in [2.45, 2.75) is 11.9 Å². The van der Waals surface area contributed by atoms with Crippen molar-refractivity contribution in [1.82, 2.24) is 9.88 Å². The molecular weight excluding hydrogens is 342 g/mol. The van der Waals surface area contributed by atoms with Crippen LogP contribution < -0.4 is 4.90 Å². The first kappa shape index (κ1) is 17.3. The van der Waals surface area contributed by atoms with E-state index in [2.05, 4.69) is 34.5 Å². The molecule has 0 N–H and O–H groups in total. The summed E-state index contributed by atoms with van der Waals surface area (Å²) in [5, 5.41) is 0.362. The molecule has 0 spiro atoms. The van der Waals surface area contributed by atoms with Gasteiger partial charge in [-0.25, -0.2) is 4.98 Å². The molecule has 3 rings (SSSR count). The summed E-state index contributed by atoms with van der Waals surface area (Å²) in [7, 11) is 2.12. The number of thiol groups is 1. The lowest BCUT2D eigenvalue weighted by molar-refractivity contribution is -0.144. The van der Waals surface area contributed by atoms with E-state index in [0.29, 0.717) is 0 Å². The number of likely N-dealkylation sites (N-methyl/N-ethyl adjacent to an activating group) is 1. The van der Waals surface area contributed by atoms with Crippen LogP contribution in [0, 0.1) is 0 Å². The maximum atomic E-state index is 12.2. The fraction of sp³-hybridized carbons (Fsp3) is 0.412. The van der Waals surface area contributed by atoms with E-state index >= 15 is 0 Å². The minimum absolute atomic E-state index is 0.265. The van der Waals surface area contributed by atoms with Gasteiger partial charge >= 0.3 is 5.97 Å². The predicted octanol–water partition coefficient (Wildman–Crippen LogP) is 2.61. The number of benzene rings is 1. The van der Waals surface area contributed by atoms with Gasteiger partial charge in [0.1, 0.15) is 11.9 Å². The van der Waals surface area contributed by atoms with Crippen molar-refractivity contribution >= 4 is 35.1 Å². The van der Waals surface area contributed by atoms with Gasteiger partial charge in [-0.1, -0.05) is 30.3 Å². The third-order valence-corrected chi connectivity index (χ3v) is 5.79. The summed E-state index contributed by atoms with van der Waals surface area (Å²) >= 11 is 5.94. The standard InChI is InChI=1S/C17H21N3O2S2/c1-19-7-9-20(10-8-19)17-18-11-14(24-17)15(23)16(21)22-12-13-5-3-2-4-6-13/h2-6,11,15,23H,7-10,12H2,1H3. The van der Waals surface area contributed by atoms with Gasteiger partial charge in [0.25, 0.3) is 0 Å². The molecule has 24 heavy (non-hydrogen) atoms. The molecule has 1 aromatic carbocycles. The number of piperazine rings is 1. The summed E-state index contributed by atoms with van der Waals surface area (Å²) in [4.78, 5) is 22.0. The van der Waals surface area contributed by atoms with Gasteiger partial charge in [-0.15, -0.1) is 11.3 Å². The van der Waals surface area contributed by atoms with Crippen molar-refractivity contribution in [2.75, 3.05) is 38.1 Å². The number of carbonyl (C=O) groups is 1. The number of nitrogens with zero attached hydrogens (tertiary/aromatic N) is 3. The molecule has 1 atom stereocenters. The van der Waals surface area contributed by atoms with Gasteiger partial charge in [-0.05, 0) is 12.6 Å². The molecule has 1 aliphatic rings. The minimum atomic E-state index is -0.590. The first-order valence-corrected chi connectivity index (χ1v) is 9.24. The number of rotatable bonds is 5. The maximum Gasteiger partial charge on any atom is 0.324 e. The van der Waals surface area contributed by atoms with Crippen molar-refractivity contribution in [1.29, 1.82) is 0 Å². The first-order valence-electron chi connectivity index (χ1n) is 7.91. The van der Waals surface area contributed by atoms with Crippen LogP contribution in [0.2, 0.25) is 0 Å². The van der Waals surface area contributed by atoms with E-state index in [-0.39, 0.29) is 12.6 Å². The Morgan fingerprint density at radius 1 is 1.29 bits per heavy atom. The number of ether oxygens (including phenoxy) is 1. The first-order chi connectivity index (χ1) is 11.6. The number of anilines is 1. The summed E-state index contributed by atoms with van der Waals surface area (Å²) in [6.07, 6.45) is 1.74. The van der Waals surface area contributed by atoms with E-state index in [4.69, 9.17) is 4.74 Å². The summed E-state index contributed by atoms with van der Waals surface area (Å²) in [5.74, 6) is -0.337. The molecule has 7 heteroatoms. The van der Waals surface area contributed by atoms with Crippen LogP contribution in [0.15, 0.2) is 36.5 Å². The van der Waals surface area contributed by atoms with Crippen LogP contribution in [0.25, 0.3) is 0 Å². The monoisotopic (exact) mass is 363 g/mol. The Kier molecular flexibility index (Phi) is 5.76. The van der Waals surface area contributed by atoms with Crippen LogP contribution >= 0.6 is 24.0 Å². The van der Waals surface area contributed by atoms with Crippen LogP contribution in [0.3, 0.4) is 0 Å². The van der Waals surface area contributed by atoms with E-state index in [1.807, 2.05) is 30.3 Å². The molecule has 1 aliphatic heterocycles. The Hall–Kier alpha value is -1.57. The van der Waals surface area contributed by atoms with E-state index in [0.717, 1.165) is 41.8 Å². The highest BCUT2D eigenvalue weighted by atomic mass is 32.1. The van der Waals surface area contributed by atoms with Gasteiger partial charge < -0.3 is 14.5 Å². The zero-order chi connectivity index (χ0) is 16.9. The lowest BCUT2D eigenvalue weighted by atomic mass is 10.2. The lowest BCUT2D eigenvalue weighted by Crippen LogP contribution is -2.44. The largest absolute Gasteiger partial charge is 0.460 e. The summed E-state index contributed by atoms with van der Waals surface area (Å²) in [5.41, 5.74) is 0.966. The van der Waals surface area contributed by atoms with E-state index in [9.17, 15) is 4.79 Å². The SMILES string of the molecule is CN1CCN(c2ncc(C(S)C(=O)OCc3ccccc3)s2)CC1. The topological polar surface area (TPSA) is 45.7 Å². The quantitative estimate of drug-likeness (QED) is 0.654. The average molecular weight is 364 g/mol. The molecule has 128 valence electrons. The predicted molar refractivity (Wildman–Crippen MR) is 99.8 cm³/mol. The molecule has 5 nitrogen and oxygen atoms in total. The maximum absolute atomic E-state index is 12.2. The van der Waals surface area contributed by atoms with Gasteiger partial charge in [0.15, 0.2) is 5.13 Å². The number of hydrogen-bond acceptors (Lipinski definition) is 7. The number of thiazole rings is 1. The average Bonchev–Trinajstić information content (AvgIpc) is 3.10. The van der Waals surface area contributed by atoms with Gasteiger partial charge in [0.05, 0.1) is 4.88 Å². The molecule has 1 saturated heterocycles. The molecular formula is C17H21N3O2S2. The van der Waals surface area contributed by atoms with Crippen LogP contribution in [0.1, 0.15) is 15.7 Å². The van der Waals surface area contributed by atoms with Crippen LogP contribution in [0.4, 0.5) is 5.13 Å². The zero-order valence-corrected chi connectivity index (χ0v) is 15.3. The van der Waals surface area contributed by atoms with Gasteiger partial charge in [0.2, 0.25) is 0 Å². The highest BCUT2D eigenvalue weighted by Crippen LogP contribution is 2.32. The Bertz CT molecular complexity index is 669. The van der Waals surface area contributed by atoms with Crippen LogP contribution in [-0.4, -0.2) is 49.1 Å². The van der Waals surface area contributed by atoms with Gasteiger partial charge in [-0.3, -0.25) is 4.79 Å².